The van der Waals surface area contributed by atoms with Crippen molar-refractivity contribution < 1.29 is 17.6 Å². The van der Waals surface area contributed by atoms with Crippen LogP contribution in [0.15, 0.2) is 53.4 Å². The van der Waals surface area contributed by atoms with Crippen molar-refractivity contribution in [2.75, 3.05) is 31.1 Å². The van der Waals surface area contributed by atoms with E-state index < -0.39 is 21.8 Å². The minimum Gasteiger partial charge on any atom is -0.372 e. The molecule has 0 aromatic heterocycles. The van der Waals surface area contributed by atoms with Gasteiger partial charge in [0.15, 0.2) is 0 Å². The smallest absolute Gasteiger partial charge is 0.243 e. The lowest BCUT2D eigenvalue weighted by Crippen LogP contribution is -2.45. The molecule has 4 rings (SSSR count). The first-order chi connectivity index (χ1) is 16.2. The highest BCUT2D eigenvalue weighted by atomic mass is 32.2. The van der Waals surface area contributed by atoms with E-state index in [2.05, 4.69) is 41.4 Å². The number of hydrogen-bond acceptors (Lipinski definition) is 4. The number of carbonyl (C=O) groups is 1. The van der Waals surface area contributed by atoms with Crippen LogP contribution in [0.5, 0.6) is 0 Å². The second-order valence-electron chi connectivity index (χ2n) is 9.65. The summed E-state index contributed by atoms with van der Waals surface area (Å²) < 4.78 is 40.5. The van der Waals surface area contributed by atoms with Crippen molar-refractivity contribution in [2.45, 2.75) is 50.5 Å². The Balaban J connectivity index is 1.36. The van der Waals surface area contributed by atoms with Gasteiger partial charge >= 0.3 is 0 Å². The number of nitrogens with one attached hydrogen (secondary N) is 1. The van der Waals surface area contributed by atoms with Gasteiger partial charge in [0, 0.05) is 31.9 Å². The molecule has 2 saturated heterocycles. The molecule has 2 aliphatic heterocycles. The molecule has 2 fully saturated rings. The van der Waals surface area contributed by atoms with Crippen LogP contribution in [0.3, 0.4) is 0 Å². The highest BCUT2D eigenvalue weighted by molar-refractivity contribution is 7.89. The Morgan fingerprint density at radius 3 is 2.29 bits per heavy atom. The number of anilines is 1. The highest BCUT2D eigenvalue weighted by Gasteiger charge is 2.33. The van der Waals surface area contributed by atoms with Crippen LogP contribution in [0.25, 0.3) is 0 Å². The summed E-state index contributed by atoms with van der Waals surface area (Å²) in [6.45, 7) is 6.89. The van der Waals surface area contributed by atoms with E-state index in [1.54, 1.807) is 0 Å². The molecule has 2 aromatic rings. The van der Waals surface area contributed by atoms with Gasteiger partial charge in [0.1, 0.15) is 5.82 Å². The number of halogens is 1. The maximum absolute atomic E-state index is 13.2. The molecule has 0 bridgehead atoms. The molecule has 8 heteroatoms. The van der Waals surface area contributed by atoms with Crippen molar-refractivity contribution in [3.63, 3.8) is 0 Å². The fraction of sp³-hybridized carbons (Fsp3) is 0.500. The minimum absolute atomic E-state index is 0.0478. The zero-order valence-corrected chi connectivity index (χ0v) is 20.7. The van der Waals surface area contributed by atoms with E-state index in [4.69, 9.17) is 0 Å². The summed E-state index contributed by atoms with van der Waals surface area (Å²) in [6.07, 6.45) is 3.67. The zero-order chi connectivity index (χ0) is 24.3. The summed E-state index contributed by atoms with van der Waals surface area (Å²) in [7, 11) is -3.76. The van der Waals surface area contributed by atoms with Gasteiger partial charge in [-0.05, 0) is 80.5 Å². The van der Waals surface area contributed by atoms with Crippen molar-refractivity contribution in [3.8, 4) is 0 Å². The summed E-state index contributed by atoms with van der Waals surface area (Å²) in [4.78, 5) is 15.4. The Hall–Kier alpha value is -2.45. The second kappa shape index (κ2) is 10.4. The molecule has 0 unspecified atom stereocenters. The predicted octanol–water partition coefficient (Wildman–Crippen LogP) is 4.34. The summed E-state index contributed by atoms with van der Waals surface area (Å²) in [5.41, 5.74) is 2.23. The van der Waals surface area contributed by atoms with Gasteiger partial charge in [-0.2, -0.15) is 4.31 Å². The Morgan fingerprint density at radius 2 is 1.65 bits per heavy atom. The van der Waals surface area contributed by atoms with Gasteiger partial charge in [-0.3, -0.25) is 4.79 Å². The highest BCUT2D eigenvalue weighted by Crippen LogP contribution is 2.27. The SMILES string of the molecule is CC1CCN(c2ccc([C@@H](C)NC(=O)[C@H]3CCCN(S(=O)(=O)c4ccc(F)cc4)C3)cc2)CC1. The Morgan fingerprint density at radius 1 is 1.00 bits per heavy atom. The maximum Gasteiger partial charge on any atom is 0.243 e. The quantitative estimate of drug-likeness (QED) is 0.658. The van der Waals surface area contributed by atoms with E-state index in [1.165, 1.54) is 35.0 Å². The third-order valence-electron chi connectivity index (χ3n) is 7.11. The number of rotatable bonds is 6. The fourth-order valence-corrected chi connectivity index (χ4v) is 6.31. The lowest BCUT2D eigenvalue weighted by molar-refractivity contribution is -0.126. The maximum atomic E-state index is 13.2. The molecule has 34 heavy (non-hydrogen) atoms. The average Bonchev–Trinajstić information content (AvgIpc) is 2.85. The van der Waals surface area contributed by atoms with Crippen molar-refractivity contribution >= 4 is 21.6 Å². The van der Waals surface area contributed by atoms with Gasteiger partial charge in [0.2, 0.25) is 15.9 Å². The predicted molar refractivity (Wildman–Crippen MR) is 131 cm³/mol. The summed E-state index contributed by atoms with van der Waals surface area (Å²) in [5, 5.41) is 3.07. The molecule has 0 spiro atoms. The zero-order valence-electron chi connectivity index (χ0n) is 19.9. The van der Waals surface area contributed by atoms with E-state index in [9.17, 15) is 17.6 Å². The molecule has 0 aliphatic carbocycles. The molecule has 2 aromatic carbocycles. The first-order valence-electron chi connectivity index (χ1n) is 12.1. The normalized spacial score (nSPS) is 21.3. The molecule has 2 atom stereocenters. The lowest BCUT2D eigenvalue weighted by Gasteiger charge is -2.32. The number of benzene rings is 2. The largest absolute Gasteiger partial charge is 0.372 e. The van der Waals surface area contributed by atoms with Crippen LogP contribution in [0.4, 0.5) is 10.1 Å². The molecule has 0 radical (unpaired) electrons. The summed E-state index contributed by atoms with van der Waals surface area (Å²) in [6, 6.07) is 13.0. The fourth-order valence-electron chi connectivity index (χ4n) is 4.79. The van der Waals surface area contributed by atoms with Crippen LogP contribution in [0.2, 0.25) is 0 Å². The van der Waals surface area contributed by atoms with E-state index in [-0.39, 0.29) is 23.4 Å². The molecule has 1 N–H and O–H groups in total. The number of amides is 1. The molecular weight excluding hydrogens is 453 g/mol. The van der Waals surface area contributed by atoms with Crippen LogP contribution >= 0.6 is 0 Å². The van der Waals surface area contributed by atoms with Crippen molar-refractivity contribution in [2.24, 2.45) is 11.8 Å². The standard InChI is InChI=1S/C26H34FN3O3S/c1-19-13-16-29(17-14-19)24-9-5-21(6-10-24)20(2)28-26(31)22-4-3-15-30(18-22)34(32,33)25-11-7-23(27)8-12-25/h5-12,19-20,22H,3-4,13-18H2,1-2H3,(H,28,31)/t20-,22+/m1/s1. The number of piperidine rings is 2. The summed E-state index contributed by atoms with van der Waals surface area (Å²) >= 11 is 0. The van der Waals surface area contributed by atoms with Crippen molar-refractivity contribution in [1.82, 2.24) is 9.62 Å². The number of sulfonamides is 1. The Kier molecular flexibility index (Phi) is 7.57. The van der Waals surface area contributed by atoms with Gasteiger partial charge in [-0.15, -0.1) is 0 Å². The monoisotopic (exact) mass is 487 g/mol. The van der Waals surface area contributed by atoms with Gasteiger partial charge in [0.25, 0.3) is 0 Å². The molecule has 2 heterocycles. The topological polar surface area (TPSA) is 69.7 Å². The van der Waals surface area contributed by atoms with Crippen LogP contribution in [-0.2, 0) is 14.8 Å². The third-order valence-corrected chi connectivity index (χ3v) is 8.99. The molecule has 1 amide bonds. The van der Waals surface area contributed by atoms with E-state index in [0.29, 0.717) is 19.4 Å². The van der Waals surface area contributed by atoms with Gasteiger partial charge in [0.05, 0.1) is 16.9 Å². The molecule has 0 saturated carbocycles. The second-order valence-corrected chi connectivity index (χ2v) is 11.6. The van der Waals surface area contributed by atoms with Gasteiger partial charge in [-0.1, -0.05) is 19.1 Å². The molecule has 6 nitrogen and oxygen atoms in total. The van der Waals surface area contributed by atoms with Crippen LogP contribution in [0, 0.1) is 17.7 Å². The van der Waals surface area contributed by atoms with E-state index in [1.807, 2.05) is 6.92 Å². The Labute approximate surface area is 202 Å². The number of carbonyl (C=O) groups excluding carboxylic acids is 1. The first-order valence-corrected chi connectivity index (χ1v) is 13.6. The van der Waals surface area contributed by atoms with E-state index in [0.717, 1.165) is 36.7 Å². The van der Waals surface area contributed by atoms with Crippen LogP contribution in [-0.4, -0.2) is 44.8 Å². The minimum atomic E-state index is -3.76. The molecule has 2 aliphatic rings. The van der Waals surface area contributed by atoms with E-state index >= 15 is 0 Å². The number of hydrogen-bond donors (Lipinski definition) is 1. The lowest BCUT2D eigenvalue weighted by atomic mass is 9.97. The summed E-state index contributed by atoms with van der Waals surface area (Å²) in [5.74, 6) is -0.254. The van der Waals surface area contributed by atoms with Crippen molar-refractivity contribution in [1.29, 1.82) is 0 Å². The number of nitrogens with zero attached hydrogens (tertiary/aromatic N) is 2. The molecular formula is C26H34FN3O3S. The van der Waals surface area contributed by atoms with Crippen LogP contribution < -0.4 is 10.2 Å². The van der Waals surface area contributed by atoms with Crippen molar-refractivity contribution in [3.05, 3.63) is 59.9 Å². The first kappa shape index (κ1) is 24.7. The van der Waals surface area contributed by atoms with Crippen LogP contribution in [0.1, 0.15) is 51.1 Å². The Bertz CT molecular complexity index is 1080. The third kappa shape index (κ3) is 5.61. The average molecular weight is 488 g/mol. The van der Waals surface area contributed by atoms with Gasteiger partial charge in [-0.25, -0.2) is 12.8 Å². The molecule has 184 valence electrons. The van der Waals surface area contributed by atoms with Gasteiger partial charge < -0.3 is 10.2 Å².